The molecule has 1 aromatic rings. The standard InChI is InChI=1S/C12H19ClN2/c1-3-11(4-2)14-8-7-10-5-6-12(13)15-9-10/h5-6,9,11,14H,3-4,7-8H2,1-2H3. The van der Waals surface area contributed by atoms with E-state index in [9.17, 15) is 0 Å². The lowest BCUT2D eigenvalue weighted by atomic mass is 10.1. The Morgan fingerprint density at radius 2 is 2.07 bits per heavy atom. The lowest BCUT2D eigenvalue weighted by Gasteiger charge is -2.14. The minimum Gasteiger partial charge on any atom is -0.314 e. The maximum Gasteiger partial charge on any atom is 0.129 e. The number of aromatic nitrogens is 1. The van der Waals surface area contributed by atoms with Crippen molar-refractivity contribution < 1.29 is 0 Å². The number of halogens is 1. The van der Waals surface area contributed by atoms with Crippen LogP contribution in [-0.2, 0) is 6.42 Å². The van der Waals surface area contributed by atoms with Crippen LogP contribution in [0.4, 0.5) is 0 Å². The maximum atomic E-state index is 5.71. The first-order valence-corrected chi connectivity index (χ1v) is 5.97. The smallest absolute Gasteiger partial charge is 0.129 e. The van der Waals surface area contributed by atoms with Gasteiger partial charge in [0.1, 0.15) is 5.15 Å². The van der Waals surface area contributed by atoms with Gasteiger partial charge in [-0.15, -0.1) is 0 Å². The van der Waals surface area contributed by atoms with Crippen LogP contribution in [0.3, 0.4) is 0 Å². The van der Waals surface area contributed by atoms with Crippen molar-refractivity contribution >= 4 is 11.6 Å². The van der Waals surface area contributed by atoms with Gasteiger partial charge in [0.05, 0.1) is 0 Å². The molecule has 0 saturated carbocycles. The van der Waals surface area contributed by atoms with Crippen LogP contribution in [0, 0.1) is 0 Å². The van der Waals surface area contributed by atoms with Crippen LogP contribution in [-0.4, -0.2) is 17.6 Å². The summed E-state index contributed by atoms with van der Waals surface area (Å²) in [5.74, 6) is 0. The van der Waals surface area contributed by atoms with Gasteiger partial charge in [0, 0.05) is 12.2 Å². The maximum absolute atomic E-state index is 5.71. The molecule has 0 bridgehead atoms. The van der Waals surface area contributed by atoms with Gasteiger partial charge in [-0.2, -0.15) is 0 Å². The zero-order chi connectivity index (χ0) is 11.1. The topological polar surface area (TPSA) is 24.9 Å². The summed E-state index contributed by atoms with van der Waals surface area (Å²) in [5, 5.41) is 4.08. The molecular formula is C12H19ClN2. The van der Waals surface area contributed by atoms with E-state index in [0.29, 0.717) is 11.2 Å². The molecule has 0 aliphatic carbocycles. The Hall–Kier alpha value is -0.600. The van der Waals surface area contributed by atoms with Crippen LogP contribution in [0.1, 0.15) is 32.3 Å². The van der Waals surface area contributed by atoms with E-state index in [2.05, 4.69) is 24.1 Å². The summed E-state index contributed by atoms with van der Waals surface area (Å²) in [4.78, 5) is 4.05. The Bertz CT molecular complexity index is 267. The molecule has 0 amide bonds. The van der Waals surface area contributed by atoms with E-state index < -0.39 is 0 Å². The van der Waals surface area contributed by atoms with Crippen molar-refractivity contribution in [1.82, 2.24) is 10.3 Å². The van der Waals surface area contributed by atoms with Gasteiger partial charge in [0.15, 0.2) is 0 Å². The molecule has 0 radical (unpaired) electrons. The number of pyridine rings is 1. The van der Waals surface area contributed by atoms with Crippen molar-refractivity contribution in [2.75, 3.05) is 6.54 Å². The predicted molar refractivity (Wildman–Crippen MR) is 65.3 cm³/mol. The van der Waals surface area contributed by atoms with E-state index >= 15 is 0 Å². The van der Waals surface area contributed by atoms with E-state index in [0.717, 1.165) is 13.0 Å². The molecule has 2 nitrogen and oxygen atoms in total. The van der Waals surface area contributed by atoms with E-state index in [4.69, 9.17) is 11.6 Å². The molecule has 0 atom stereocenters. The van der Waals surface area contributed by atoms with Gasteiger partial charge in [-0.25, -0.2) is 4.98 Å². The summed E-state index contributed by atoms with van der Waals surface area (Å²) in [6.07, 6.45) is 5.24. The predicted octanol–water partition coefficient (Wildman–Crippen LogP) is 3.06. The Labute approximate surface area is 97.1 Å². The third kappa shape index (κ3) is 4.63. The summed E-state index contributed by atoms with van der Waals surface area (Å²) >= 11 is 5.71. The quantitative estimate of drug-likeness (QED) is 0.755. The second-order valence-electron chi connectivity index (χ2n) is 3.71. The van der Waals surface area contributed by atoms with E-state index in [1.165, 1.54) is 18.4 Å². The van der Waals surface area contributed by atoms with Crippen molar-refractivity contribution in [1.29, 1.82) is 0 Å². The number of hydrogen-bond acceptors (Lipinski definition) is 2. The highest BCUT2D eigenvalue weighted by atomic mass is 35.5. The lowest BCUT2D eigenvalue weighted by molar-refractivity contribution is 0.488. The Kier molecular flexibility index (Phi) is 5.66. The number of nitrogens with zero attached hydrogens (tertiary/aromatic N) is 1. The lowest BCUT2D eigenvalue weighted by Crippen LogP contribution is -2.29. The van der Waals surface area contributed by atoms with Crippen molar-refractivity contribution in [2.45, 2.75) is 39.2 Å². The zero-order valence-electron chi connectivity index (χ0n) is 9.46. The molecule has 1 aromatic heterocycles. The second kappa shape index (κ2) is 6.81. The van der Waals surface area contributed by atoms with E-state index in [-0.39, 0.29) is 0 Å². The number of rotatable bonds is 6. The molecule has 15 heavy (non-hydrogen) atoms. The van der Waals surface area contributed by atoms with Crippen LogP contribution in [0.15, 0.2) is 18.3 Å². The normalized spacial score (nSPS) is 10.9. The molecule has 0 spiro atoms. The van der Waals surface area contributed by atoms with Crippen LogP contribution in [0.2, 0.25) is 5.15 Å². The third-order valence-electron chi connectivity index (χ3n) is 2.62. The van der Waals surface area contributed by atoms with Gasteiger partial charge in [0.25, 0.3) is 0 Å². The second-order valence-corrected chi connectivity index (χ2v) is 4.09. The van der Waals surface area contributed by atoms with Crippen molar-refractivity contribution in [2.24, 2.45) is 0 Å². The molecule has 0 saturated heterocycles. The molecule has 0 unspecified atom stereocenters. The molecular weight excluding hydrogens is 208 g/mol. The van der Waals surface area contributed by atoms with Crippen LogP contribution < -0.4 is 5.32 Å². The highest BCUT2D eigenvalue weighted by Gasteiger charge is 2.01. The van der Waals surface area contributed by atoms with Crippen molar-refractivity contribution in [3.8, 4) is 0 Å². The average molecular weight is 227 g/mol. The summed E-state index contributed by atoms with van der Waals surface area (Å²) in [6, 6.07) is 4.52. The highest BCUT2D eigenvalue weighted by Crippen LogP contribution is 2.05. The first-order valence-electron chi connectivity index (χ1n) is 5.60. The molecule has 84 valence electrons. The Morgan fingerprint density at radius 3 is 2.60 bits per heavy atom. The third-order valence-corrected chi connectivity index (χ3v) is 2.84. The van der Waals surface area contributed by atoms with Crippen LogP contribution >= 0.6 is 11.6 Å². The SMILES string of the molecule is CCC(CC)NCCc1ccc(Cl)nc1. The molecule has 3 heteroatoms. The summed E-state index contributed by atoms with van der Waals surface area (Å²) in [5.41, 5.74) is 1.23. The van der Waals surface area contributed by atoms with Crippen molar-refractivity contribution in [3.63, 3.8) is 0 Å². The number of hydrogen-bond donors (Lipinski definition) is 1. The van der Waals surface area contributed by atoms with Gasteiger partial charge in [-0.1, -0.05) is 31.5 Å². The summed E-state index contributed by atoms with van der Waals surface area (Å²) in [6.45, 7) is 5.44. The fraction of sp³-hybridized carbons (Fsp3) is 0.583. The van der Waals surface area contributed by atoms with Crippen molar-refractivity contribution in [3.05, 3.63) is 29.0 Å². The van der Waals surface area contributed by atoms with Gasteiger partial charge in [-0.05, 0) is 37.4 Å². The summed E-state index contributed by atoms with van der Waals surface area (Å²) in [7, 11) is 0. The Balaban J connectivity index is 2.28. The van der Waals surface area contributed by atoms with Crippen LogP contribution in [0.5, 0.6) is 0 Å². The molecule has 1 heterocycles. The average Bonchev–Trinajstić information content (AvgIpc) is 2.27. The molecule has 0 aliphatic heterocycles. The first-order chi connectivity index (χ1) is 7.26. The monoisotopic (exact) mass is 226 g/mol. The summed E-state index contributed by atoms with van der Waals surface area (Å²) < 4.78 is 0. The minimum absolute atomic E-state index is 0.562. The van der Waals surface area contributed by atoms with E-state index in [1.54, 1.807) is 0 Å². The van der Waals surface area contributed by atoms with Gasteiger partial charge in [-0.3, -0.25) is 0 Å². The first kappa shape index (κ1) is 12.5. The Morgan fingerprint density at radius 1 is 1.33 bits per heavy atom. The van der Waals surface area contributed by atoms with Gasteiger partial charge in [0.2, 0.25) is 0 Å². The fourth-order valence-corrected chi connectivity index (χ4v) is 1.66. The van der Waals surface area contributed by atoms with Gasteiger partial charge < -0.3 is 5.32 Å². The largest absolute Gasteiger partial charge is 0.314 e. The zero-order valence-corrected chi connectivity index (χ0v) is 10.2. The number of nitrogens with one attached hydrogen (secondary N) is 1. The molecule has 1 rings (SSSR count). The van der Waals surface area contributed by atoms with E-state index in [1.807, 2.05) is 18.3 Å². The molecule has 0 aromatic carbocycles. The molecule has 0 aliphatic rings. The molecule has 1 N–H and O–H groups in total. The molecule has 0 fully saturated rings. The minimum atomic E-state index is 0.562. The van der Waals surface area contributed by atoms with Gasteiger partial charge >= 0.3 is 0 Å². The highest BCUT2D eigenvalue weighted by molar-refractivity contribution is 6.29. The fourth-order valence-electron chi connectivity index (χ4n) is 1.55. The van der Waals surface area contributed by atoms with Crippen LogP contribution in [0.25, 0.3) is 0 Å².